The van der Waals surface area contributed by atoms with Gasteiger partial charge in [0.05, 0.1) is 0 Å². The molecule has 2 atom stereocenters. The van der Waals surface area contributed by atoms with E-state index in [1.54, 1.807) is 18.3 Å². The van der Waals surface area contributed by atoms with Crippen LogP contribution in [0.4, 0.5) is 4.39 Å². The van der Waals surface area contributed by atoms with Gasteiger partial charge in [0.2, 0.25) is 0 Å². The number of hydrogen-bond acceptors (Lipinski definition) is 2. The van der Waals surface area contributed by atoms with Gasteiger partial charge in [-0.1, -0.05) is 0 Å². The number of aryl methyl sites for hydroxylation is 1. The lowest BCUT2D eigenvalue weighted by Gasteiger charge is -2.33. The third kappa shape index (κ3) is 2.23. The Hall–Kier alpha value is -0.410. The van der Waals surface area contributed by atoms with Crippen molar-refractivity contribution < 1.29 is 4.39 Å². The van der Waals surface area contributed by atoms with Crippen molar-refractivity contribution in [3.63, 3.8) is 0 Å². The van der Waals surface area contributed by atoms with E-state index in [-0.39, 0.29) is 5.92 Å². The van der Waals surface area contributed by atoms with E-state index >= 15 is 0 Å². The summed E-state index contributed by atoms with van der Waals surface area (Å²) in [4.78, 5) is 1.19. The Bertz CT molecular complexity index is 326. The maximum atomic E-state index is 14.7. The molecule has 1 nitrogen and oxygen atoms in total. The smallest absolute Gasteiger partial charge is 0.138 e. The summed E-state index contributed by atoms with van der Waals surface area (Å²) in [5.41, 5.74) is -0.309. The lowest BCUT2D eigenvalue weighted by atomic mass is 9.81. The van der Waals surface area contributed by atoms with E-state index in [0.717, 1.165) is 31.5 Å². The number of piperidine rings is 1. The Labute approximate surface area is 94.7 Å². The van der Waals surface area contributed by atoms with Crippen molar-refractivity contribution in [2.45, 2.75) is 32.4 Å². The Balaban J connectivity index is 2.17. The van der Waals surface area contributed by atoms with Crippen molar-refractivity contribution in [2.24, 2.45) is 5.92 Å². The highest BCUT2D eigenvalue weighted by atomic mass is 32.1. The van der Waals surface area contributed by atoms with Crippen molar-refractivity contribution >= 4 is 11.3 Å². The van der Waals surface area contributed by atoms with E-state index < -0.39 is 5.67 Å². The molecule has 3 heteroatoms. The summed E-state index contributed by atoms with van der Waals surface area (Å²) in [7, 11) is 0. The highest BCUT2D eigenvalue weighted by Gasteiger charge is 2.37. The molecule has 1 aromatic rings. The summed E-state index contributed by atoms with van der Waals surface area (Å²) in [5, 5.41) is 5.24. The largest absolute Gasteiger partial charge is 0.316 e. The molecule has 1 saturated heterocycles. The van der Waals surface area contributed by atoms with Crippen LogP contribution in [0.25, 0.3) is 0 Å². The highest BCUT2D eigenvalue weighted by molar-refractivity contribution is 7.10. The molecule has 0 aromatic carbocycles. The lowest BCUT2D eigenvalue weighted by Crippen LogP contribution is -2.39. The maximum Gasteiger partial charge on any atom is 0.138 e. The van der Waals surface area contributed by atoms with Gasteiger partial charge < -0.3 is 5.32 Å². The summed E-state index contributed by atoms with van der Waals surface area (Å²) < 4.78 is 14.7. The molecule has 2 heterocycles. The monoisotopic (exact) mass is 227 g/mol. The first kappa shape index (κ1) is 11.1. The summed E-state index contributed by atoms with van der Waals surface area (Å²) in [6.45, 7) is 5.60. The zero-order chi connectivity index (χ0) is 10.9. The SMILES string of the molecule is Cc1cc(C(C)(F)C2CCCNC2)cs1. The average Bonchev–Trinajstić information content (AvgIpc) is 2.67. The minimum atomic E-state index is -1.17. The van der Waals surface area contributed by atoms with Crippen LogP contribution in [0.15, 0.2) is 11.4 Å². The van der Waals surface area contributed by atoms with E-state index in [1.807, 2.05) is 18.4 Å². The van der Waals surface area contributed by atoms with Crippen LogP contribution < -0.4 is 5.32 Å². The van der Waals surface area contributed by atoms with Crippen molar-refractivity contribution in [3.8, 4) is 0 Å². The molecular formula is C12H18FNS. The van der Waals surface area contributed by atoms with Crippen molar-refractivity contribution in [2.75, 3.05) is 13.1 Å². The van der Waals surface area contributed by atoms with Crippen LogP contribution in [-0.4, -0.2) is 13.1 Å². The van der Waals surface area contributed by atoms with Crippen LogP contribution in [0.2, 0.25) is 0 Å². The van der Waals surface area contributed by atoms with Crippen LogP contribution >= 0.6 is 11.3 Å². The van der Waals surface area contributed by atoms with E-state index in [9.17, 15) is 4.39 Å². The molecule has 1 N–H and O–H groups in total. The van der Waals surface area contributed by atoms with Gasteiger partial charge >= 0.3 is 0 Å². The van der Waals surface area contributed by atoms with Gasteiger partial charge in [0.25, 0.3) is 0 Å². The number of halogens is 1. The molecule has 0 saturated carbocycles. The Morgan fingerprint density at radius 1 is 1.60 bits per heavy atom. The van der Waals surface area contributed by atoms with Crippen LogP contribution in [0.3, 0.4) is 0 Å². The topological polar surface area (TPSA) is 12.0 Å². The van der Waals surface area contributed by atoms with E-state index in [2.05, 4.69) is 5.32 Å². The third-order valence-electron chi connectivity index (χ3n) is 3.36. The zero-order valence-electron chi connectivity index (χ0n) is 9.35. The molecule has 2 unspecified atom stereocenters. The van der Waals surface area contributed by atoms with Gasteiger partial charge in [-0.2, -0.15) is 0 Å². The molecule has 1 aliphatic rings. The van der Waals surface area contributed by atoms with Crippen LogP contribution in [-0.2, 0) is 5.67 Å². The molecule has 84 valence electrons. The van der Waals surface area contributed by atoms with Crippen molar-refractivity contribution in [3.05, 3.63) is 21.9 Å². The molecule has 15 heavy (non-hydrogen) atoms. The first-order valence-electron chi connectivity index (χ1n) is 5.56. The Morgan fingerprint density at radius 3 is 2.93 bits per heavy atom. The number of rotatable bonds is 2. The fraction of sp³-hybridized carbons (Fsp3) is 0.667. The Kier molecular flexibility index (Phi) is 3.12. The molecule has 1 aliphatic heterocycles. The van der Waals surface area contributed by atoms with Crippen LogP contribution in [0, 0.1) is 12.8 Å². The van der Waals surface area contributed by atoms with Crippen LogP contribution in [0.1, 0.15) is 30.2 Å². The van der Waals surface area contributed by atoms with Gasteiger partial charge in [-0.05, 0) is 50.2 Å². The van der Waals surface area contributed by atoms with Gasteiger partial charge in [-0.3, -0.25) is 0 Å². The molecule has 0 amide bonds. The molecule has 0 spiro atoms. The third-order valence-corrected chi connectivity index (χ3v) is 4.22. The lowest BCUT2D eigenvalue weighted by molar-refractivity contribution is 0.0816. The van der Waals surface area contributed by atoms with Gasteiger partial charge in [0, 0.05) is 17.3 Å². The van der Waals surface area contributed by atoms with Crippen molar-refractivity contribution in [1.29, 1.82) is 0 Å². The first-order valence-corrected chi connectivity index (χ1v) is 6.44. The quantitative estimate of drug-likeness (QED) is 0.818. The number of hydrogen-bond donors (Lipinski definition) is 1. The zero-order valence-corrected chi connectivity index (χ0v) is 10.2. The fourth-order valence-corrected chi connectivity index (χ4v) is 3.06. The summed E-state index contributed by atoms with van der Waals surface area (Å²) in [6.07, 6.45) is 2.09. The van der Waals surface area contributed by atoms with E-state index in [4.69, 9.17) is 0 Å². The molecule has 0 aliphatic carbocycles. The molecule has 0 bridgehead atoms. The van der Waals surface area contributed by atoms with Gasteiger partial charge in [-0.15, -0.1) is 11.3 Å². The molecule has 0 radical (unpaired) electrons. The van der Waals surface area contributed by atoms with Gasteiger partial charge in [-0.25, -0.2) is 4.39 Å². The van der Waals surface area contributed by atoms with E-state index in [0.29, 0.717) is 0 Å². The Morgan fingerprint density at radius 2 is 2.40 bits per heavy atom. The molecule has 1 aromatic heterocycles. The minimum absolute atomic E-state index is 0.125. The number of thiophene rings is 1. The average molecular weight is 227 g/mol. The second-order valence-electron chi connectivity index (χ2n) is 4.56. The first-order chi connectivity index (χ1) is 7.10. The molecular weight excluding hydrogens is 209 g/mol. The molecule has 2 rings (SSSR count). The normalized spacial score (nSPS) is 26.2. The number of alkyl halides is 1. The second-order valence-corrected chi connectivity index (χ2v) is 5.68. The summed E-state index contributed by atoms with van der Waals surface area (Å²) in [6, 6.07) is 1.99. The van der Waals surface area contributed by atoms with Crippen LogP contribution in [0.5, 0.6) is 0 Å². The van der Waals surface area contributed by atoms with E-state index in [1.165, 1.54) is 4.88 Å². The standard InChI is InChI=1S/C12H18FNS/c1-9-6-11(8-15-9)12(2,13)10-4-3-5-14-7-10/h6,8,10,14H,3-5,7H2,1-2H3. The van der Waals surface area contributed by atoms with Gasteiger partial charge in [0.1, 0.15) is 5.67 Å². The maximum absolute atomic E-state index is 14.7. The van der Waals surface area contributed by atoms with Crippen molar-refractivity contribution in [1.82, 2.24) is 5.32 Å². The minimum Gasteiger partial charge on any atom is -0.316 e. The predicted octanol–water partition coefficient (Wildman–Crippen LogP) is 3.24. The summed E-state index contributed by atoms with van der Waals surface area (Å²) >= 11 is 1.63. The molecule has 1 fully saturated rings. The second kappa shape index (κ2) is 4.22. The predicted molar refractivity (Wildman–Crippen MR) is 63.1 cm³/mol. The number of nitrogens with one attached hydrogen (secondary N) is 1. The summed E-state index contributed by atoms with van der Waals surface area (Å²) in [5.74, 6) is 0.125. The van der Waals surface area contributed by atoms with Gasteiger partial charge in [0.15, 0.2) is 0 Å². The highest BCUT2D eigenvalue weighted by Crippen LogP contribution is 2.38. The fourth-order valence-electron chi connectivity index (χ4n) is 2.25.